The molecule has 0 aliphatic heterocycles. The summed E-state index contributed by atoms with van der Waals surface area (Å²) in [7, 11) is 0. The Bertz CT molecular complexity index is 410. The summed E-state index contributed by atoms with van der Waals surface area (Å²) >= 11 is 0. The molecule has 0 aliphatic carbocycles. The standard InChI is InChI=1S/C15H22O3/c1-14(2,3)10-15(4,5)11-6-8-12(9-7-11)18-13(16)17/h6-9H,10H2,1-5H3,(H,16,17). The highest BCUT2D eigenvalue weighted by Gasteiger charge is 2.27. The van der Waals surface area contributed by atoms with Crippen molar-refractivity contribution in [2.75, 3.05) is 0 Å². The van der Waals surface area contributed by atoms with E-state index in [1.165, 1.54) is 5.56 Å². The van der Waals surface area contributed by atoms with E-state index in [4.69, 9.17) is 5.11 Å². The van der Waals surface area contributed by atoms with E-state index in [1.54, 1.807) is 12.1 Å². The predicted molar refractivity (Wildman–Crippen MR) is 72.2 cm³/mol. The Hall–Kier alpha value is -1.51. The summed E-state index contributed by atoms with van der Waals surface area (Å²) in [5.74, 6) is 0.359. The molecule has 0 fully saturated rings. The van der Waals surface area contributed by atoms with Crippen molar-refractivity contribution >= 4 is 6.16 Å². The van der Waals surface area contributed by atoms with Gasteiger partial charge in [0.2, 0.25) is 0 Å². The summed E-state index contributed by atoms with van der Waals surface area (Å²) in [6, 6.07) is 7.27. The van der Waals surface area contributed by atoms with Crippen LogP contribution in [0.1, 0.15) is 46.6 Å². The first kappa shape index (κ1) is 14.6. The number of hydrogen-bond acceptors (Lipinski definition) is 2. The largest absolute Gasteiger partial charge is 0.511 e. The van der Waals surface area contributed by atoms with E-state index in [0.717, 1.165) is 6.42 Å². The lowest BCUT2D eigenvalue weighted by atomic mass is 9.72. The lowest BCUT2D eigenvalue weighted by Crippen LogP contribution is -2.24. The molecule has 0 saturated heterocycles. The van der Waals surface area contributed by atoms with Crippen LogP contribution >= 0.6 is 0 Å². The first-order valence-corrected chi connectivity index (χ1v) is 6.11. The van der Waals surface area contributed by atoms with Crippen molar-refractivity contribution in [2.45, 2.75) is 46.5 Å². The minimum absolute atomic E-state index is 0.0556. The lowest BCUT2D eigenvalue weighted by Gasteiger charge is -2.33. The number of carbonyl (C=O) groups is 1. The highest BCUT2D eigenvalue weighted by Crippen LogP contribution is 2.36. The number of ether oxygens (including phenoxy) is 1. The van der Waals surface area contributed by atoms with Gasteiger partial charge in [-0.25, -0.2) is 4.79 Å². The van der Waals surface area contributed by atoms with Crippen LogP contribution in [0.25, 0.3) is 0 Å². The molecule has 0 aliphatic rings. The molecule has 1 rings (SSSR count). The molecule has 18 heavy (non-hydrogen) atoms. The maximum Gasteiger partial charge on any atom is 0.511 e. The maximum absolute atomic E-state index is 10.4. The second kappa shape index (κ2) is 5.01. The predicted octanol–water partition coefficient (Wildman–Crippen LogP) is 4.46. The molecular formula is C15H22O3. The van der Waals surface area contributed by atoms with Gasteiger partial charge in [-0.15, -0.1) is 0 Å². The number of hydrogen-bond donors (Lipinski definition) is 1. The highest BCUT2D eigenvalue weighted by atomic mass is 16.7. The van der Waals surface area contributed by atoms with Crippen LogP contribution in [0.5, 0.6) is 5.75 Å². The van der Waals surface area contributed by atoms with Gasteiger partial charge in [0.15, 0.2) is 0 Å². The third-order valence-electron chi connectivity index (χ3n) is 2.81. The van der Waals surface area contributed by atoms with Crippen LogP contribution in [0.3, 0.4) is 0 Å². The molecule has 100 valence electrons. The normalized spacial score (nSPS) is 12.3. The molecule has 0 spiro atoms. The zero-order chi connectivity index (χ0) is 14.0. The number of rotatable bonds is 3. The van der Waals surface area contributed by atoms with Crippen LogP contribution in [0.15, 0.2) is 24.3 Å². The van der Waals surface area contributed by atoms with E-state index < -0.39 is 6.16 Å². The topological polar surface area (TPSA) is 46.5 Å². The fraction of sp³-hybridized carbons (Fsp3) is 0.533. The Kier molecular flexibility index (Phi) is 4.05. The van der Waals surface area contributed by atoms with Crippen LogP contribution in [-0.2, 0) is 5.41 Å². The van der Waals surface area contributed by atoms with Crippen LogP contribution in [0, 0.1) is 5.41 Å². The lowest BCUT2D eigenvalue weighted by molar-refractivity contribution is 0.144. The highest BCUT2D eigenvalue weighted by molar-refractivity contribution is 5.61. The van der Waals surface area contributed by atoms with Gasteiger partial charge >= 0.3 is 6.16 Å². The fourth-order valence-corrected chi connectivity index (χ4v) is 2.50. The minimum atomic E-state index is -1.28. The molecule has 1 aromatic rings. The third-order valence-corrected chi connectivity index (χ3v) is 2.81. The molecule has 0 radical (unpaired) electrons. The van der Waals surface area contributed by atoms with Crippen molar-refractivity contribution in [3.63, 3.8) is 0 Å². The average molecular weight is 250 g/mol. The third kappa shape index (κ3) is 4.40. The molecule has 0 saturated carbocycles. The van der Waals surface area contributed by atoms with Gasteiger partial charge in [0, 0.05) is 0 Å². The molecule has 1 N–H and O–H groups in total. The molecule has 3 heteroatoms. The zero-order valence-electron chi connectivity index (χ0n) is 11.8. The van der Waals surface area contributed by atoms with E-state index in [-0.39, 0.29) is 10.8 Å². The van der Waals surface area contributed by atoms with Gasteiger partial charge < -0.3 is 9.84 Å². The van der Waals surface area contributed by atoms with Crippen molar-refractivity contribution in [2.24, 2.45) is 5.41 Å². The summed E-state index contributed by atoms with van der Waals surface area (Å²) in [6.07, 6.45) is -0.226. The van der Waals surface area contributed by atoms with Gasteiger partial charge in [0.25, 0.3) is 0 Å². The SMILES string of the molecule is CC(C)(C)CC(C)(C)c1ccc(OC(=O)O)cc1. The van der Waals surface area contributed by atoms with Gasteiger partial charge in [-0.3, -0.25) is 0 Å². The Morgan fingerprint density at radius 3 is 2.00 bits per heavy atom. The van der Waals surface area contributed by atoms with Gasteiger partial charge in [0.1, 0.15) is 5.75 Å². The van der Waals surface area contributed by atoms with E-state index in [2.05, 4.69) is 39.4 Å². The van der Waals surface area contributed by atoms with Crippen molar-refractivity contribution in [1.82, 2.24) is 0 Å². The molecule has 3 nitrogen and oxygen atoms in total. The van der Waals surface area contributed by atoms with Gasteiger partial charge in [0.05, 0.1) is 0 Å². The minimum Gasteiger partial charge on any atom is -0.449 e. The maximum atomic E-state index is 10.4. The van der Waals surface area contributed by atoms with E-state index >= 15 is 0 Å². The molecule has 0 bridgehead atoms. The summed E-state index contributed by atoms with van der Waals surface area (Å²) in [4.78, 5) is 10.4. The monoisotopic (exact) mass is 250 g/mol. The summed E-state index contributed by atoms with van der Waals surface area (Å²) in [6.45, 7) is 11.1. The fourth-order valence-electron chi connectivity index (χ4n) is 2.50. The molecule has 0 atom stereocenters. The molecule has 0 amide bonds. The smallest absolute Gasteiger partial charge is 0.449 e. The van der Waals surface area contributed by atoms with Crippen molar-refractivity contribution < 1.29 is 14.6 Å². The van der Waals surface area contributed by atoms with Crippen molar-refractivity contribution in [3.05, 3.63) is 29.8 Å². The molecule has 0 heterocycles. The summed E-state index contributed by atoms with van der Waals surface area (Å²) in [5.41, 5.74) is 1.50. The molecule has 1 aromatic carbocycles. The second-order valence-electron chi connectivity index (χ2n) is 6.51. The van der Waals surface area contributed by atoms with Crippen LogP contribution in [-0.4, -0.2) is 11.3 Å². The Morgan fingerprint density at radius 1 is 1.11 bits per heavy atom. The summed E-state index contributed by atoms with van der Waals surface area (Å²) < 4.78 is 4.60. The molecule has 0 aromatic heterocycles. The molecule has 0 unspecified atom stereocenters. The van der Waals surface area contributed by atoms with Crippen LogP contribution in [0.4, 0.5) is 4.79 Å². The van der Waals surface area contributed by atoms with Crippen LogP contribution < -0.4 is 4.74 Å². The second-order valence-corrected chi connectivity index (χ2v) is 6.51. The zero-order valence-corrected chi connectivity index (χ0v) is 11.8. The molecular weight excluding hydrogens is 228 g/mol. The van der Waals surface area contributed by atoms with E-state index in [0.29, 0.717) is 5.75 Å². The van der Waals surface area contributed by atoms with E-state index in [1.807, 2.05) is 12.1 Å². The first-order chi connectivity index (χ1) is 8.10. The van der Waals surface area contributed by atoms with E-state index in [9.17, 15) is 4.79 Å². The average Bonchev–Trinajstić information content (AvgIpc) is 2.13. The number of benzene rings is 1. The van der Waals surface area contributed by atoms with Crippen molar-refractivity contribution in [1.29, 1.82) is 0 Å². The Labute approximate surface area is 109 Å². The Morgan fingerprint density at radius 2 is 1.61 bits per heavy atom. The van der Waals surface area contributed by atoms with Gasteiger partial charge in [-0.2, -0.15) is 0 Å². The quantitative estimate of drug-likeness (QED) is 0.636. The van der Waals surface area contributed by atoms with Crippen molar-refractivity contribution in [3.8, 4) is 5.75 Å². The first-order valence-electron chi connectivity index (χ1n) is 6.11. The Balaban J connectivity index is 2.87. The number of carboxylic acid groups (broad SMARTS) is 1. The van der Waals surface area contributed by atoms with Gasteiger partial charge in [-0.05, 0) is 34.9 Å². The summed E-state index contributed by atoms with van der Waals surface area (Å²) in [5, 5.41) is 8.53. The van der Waals surface area contributed by atoms with Crippen LogP contribution in [0.2, 0.25) is 0 Å². The van der Waals surface area contributed by atoms with Gasteiger partial charge in [-0.1, -0.05) is 46.8 Å².